The number of aromatic nitrogens is 5. The van der Waals surface area contributed by atoms with Crippen molar-refractivity contribution in [1.82, 2.24) is 29.2 Å². The number of amides is 1. The molecule has 0 unspecified atom stereocenters. The first-order valence-electron chi connectivity index (χ1n) is 11.5. The summed E-state index contributed by atoms with van der Waals surface area (Å²) in [5, 5.41) is 6.87. The number of rotatable bonds is 4. The highest BCUT2D eigenvalue weighted by molar-refractivity contribution is 6.02. The summed E-state index contributed by atoms with van der Waals surface area (Å²) in [7, 11) is 0. The predicted molar refractivity (Wildman–Crippen MR) is 129 cm³/mol. The van der Waals surface area contributed by atoms with Gasteiger partial charge in [0.2, 0.25) is 5.91 Å². The van der Waals surface area contributed by atoms with Crippen LogP contribution >= 0.6 is 0 Å². The number of pyridine rings is 1. The topological polar surface area (TPSA) is 71.7 Å². The maximum Gasteiger partial charge on any atom is 0.244 e. The maximum absolute atomic E-state index is 13.2. The number of nitrogens with zero attached hydrogens (tertiary/aromatic N) is 5. The van der Waals surface area contributed by atoms with Crippen LogP contribution in [0.3, 0.4) is 0 Å². The van der Waals surface area contributed by atoms with Crippen molar-refractivity contribution in [3.05, 3.63) is 73.3 Å². The molecule has 0 bridgehead atoms. The molecule has 1 amide bonds. The van der Waals surface area contributed by atoms with Crippen LogP contribution in [0.15, 0.2) is 73.3 Å². The molecule has 1 fully saturated rings. The first-order chi connectivity index (χ1) is 16.2. The molecule has 0 saturated carbocycles. The second-order valence-electron chi connectivity index (χ2n) is 8.96. The minimum absolute atomic E-state index is 0.111. The number of fused-ring (bicyclic) bond motifs is 3. The zero-order chi connectivity index (χ0) is 22.4. The Balaban J connectivity index is 1.23. The summed E-state index contributed by atoms with van der Waals surface area (Å²) in [6.07, 6.45) is 8.87. The fraction of sp³-hybridized carbons (Fsp3) is 0.269. The second kappa shape index (κ2) is 7.92. The van der Waals surface area contributed by atoms with E-state index in [0.29, 0.717) is 12.5 Å². The number of aromatic amines is 1. The maximum atomic E-state index is 13.2. The van der Waals surface area contributed by atoms with Gasteiger partial charge in [0.15, 0.2) is 0 Å². The van der Waals surface area contributed by atoms with Gasteiger partial charge in [0.05, 0.1) is 17.3 Å². The van der Waals surface area contributed by atoms with Gasteiger partial charge in [-0.15, -0.1) is 0 Å². The van der Waals surface area contributed by atoms with Crippen molar-refractivity contribution in [1.29, 1.82) is 0 Å². The number of H-pyrrole nitrogens is 1. The normalized spacial score (nSPS) is 18.9. The number of likely N-dealkylation sites (tertiary alicyclic amines) is 1. The van der Waals surface area contributed by atoms with Gasteiger partial charge < -0.3 is 14.5 Å². The summed E-state index contributed by atoms with van der Waals surface area (Å²) in [6, 6.07) is 16.4. The van der Waals surface area contributed by atoms with E-state index in [1.165, 1.54) is 5.52 Å². The van der Waals surface area contributed by atoms with Crippen LogP contribution in [0.5, 0.6) is 0 Å². The first-order valence-corrected chi connectivity index (χ1v) is 11.5. The molecule has 166 valence electrons. The molecule has 0 aliphatic carbocycles. The van der Waals surface area contributed by atoms with E-state index < -0.39 is 0 Å². The molecule has 2 atom stereocenters. The van der Waals surface area contributed by atoms with Crippen LogP contribution in [0.2, 0.25) is 0 Å². The minimum atomic E-state index is 0.111. The van der Waals surface area contributed by atoms with E-state index in [-0.39, 0.29) is 18.5 Å². The summed E-state index contributed by atoms with van der Waals surface area (Å²) in [6.45, 7) is 4.02. The van der Waals surface area contributed by atoms with E-state index >= 15 is 0 Å². The van der Waals surface area contributed by atoms with Gasteiger partial charge in [-0.2, -0.15) is 5.10 Å². The molecule has 7 heteroatoms. The summed E-state index contributed by atoms with van der Waals surface area (Å²) >= 11 is 0. The van der Waals surface area contributed by atoms with Gasteiger partial charge in [0, 0.05) is 54.2 Å². The molecule has 1 aliphatic heterocycles. The molecule has 0 radical (unpaired) electrons. The summed E-state index contributed by atoms with van der Waals surface area (Å²) in [5.74, 6) is 0.584. The smallest absolute Gasteiger partial charge is 0.244 e. The van der Waals surface area contributed by atoms with E-state index in [0.717, 1.165) is 40.6 Å². The van der Waals surface area contributed by atoms with Crippen LogP contribution in [-0.4, -0.2) is 48.2 Å². The lowest BCUT2D eigenvalue weighted by Gasteiger charge is -2.38. The zero-order valence-electron chi connectivity index (χ0n) is 18.6. The third kappa shape index (κ3) is 3.50. The lowest BCUT2D eigenvalue weighted by atomic mass is 9.93. The highest BCUT2D eigenvalue weighted by Gasteiger charge is 2.31. The molecule has 33 heavy (non-hydrogen) atoms. The quantitative estimate of drug-likeness (QED) is 0.449. The fourth-order valence-electron chi connectivity index (χ4n) is 5.02. The van der Waals surface area contributed by atoms with Crippen molar-refractivity contribution >= 4 is 27.8 Å². The predicted octanol–water partition coefficient (Wildman–Crippen LogP) is 4.49. The van der Waals surface area contributed by atoms with Crippen molar-refractivity contribution in [2.75, 3.05) is 13.1 Å². The molecular formula is C26H26N6O. The first kappa shape index (κ1) is 19.8. The molecule has 1 N–H and O–H groups in total. The lowest BCUT2D eigenvalue weighted by molar-refractivity contribution is -0.134. The van der Waals surface area contributed by atoms with Crippen LogP contribution in [0.1, 0.15) is 19.4 Å². The lowest BCUT2D eigenvalue weighted by Crippen LogP contribution is -2.45. The van der Waals surface area contributed by atoms with Gasteiger partial charge in [-0.3, -0.25) is 9.48 Å². The number of carbonyl (C=O) groups is 1. The number of benzene rings is 1. The molecular weight excluding hydrogens is 412 g/mol. The van der Waals surface area contributed by atoms with Crippen LogP contribution in [0, 0.1) is 5.92 Å². The van der Waals surface area contributed by atoms with E-state index in [2.05, 4.69) is 44.9 Å². The zero-order valence-corrected chi connectivity index (χ0v) is 18.6. The van der Waals surface area contributed by atoms with Crippen molar-refractivity contribution in [3.63, 3.8) is 0 Å². The average molecular weight is 439 g/mol. The summed E-state index contributed by atoms with van der Waals surface area (Å²) in [5.41, 5.74) is 4.02. The standard InChI is InChI=1S/C26H26N6O/c1-18-8-12-30(24(33)17-31-13-10-22(29-31)19-5-3-2-4-6-19)16-23(18)32-14-9-20-15-28-26-21(25(20)32)7-11-27-26/h2-7,9-11,13-15,18,23H,8,12,16-17H2,1H3,(H,27,28)/t18-,23+/m1/s1. The van der Waals surface area contributed by atoms with E-state index in [1.54, 1.807) is 4.68 Å². The highest BCUT2D eigenvalue weighted by Crippen LogP contribution is 2.33. The minimum Gasteiger partial charge on any atom is -0.346 e. The Hall–Kier alpha value is -3.87. The summed E-state index contributed by atoms with van der Waals surface area (Å²) < 4.78 is 4.09. The molecule has 5 heterocycles. The van der Waals surface area contributed by atoms with E-state index in [4.69, 9.17) is 0 Å². The molecule has 5 aromatic rings. The molecule has 4 aromatic heterocycles. The van der Waals surface area contributed by atoms with Crippen molar-refractivity contribution < 1.29 is 4.79 Å². The SMILES string of the molecule is C[C@@H]1CCN(C(=O)Cn2ccc(-c3ccccc3)n2)C[C@@H]1n1ccc2cnc3[nH]ccc3c21. The third-order valence-electron chi connectivity index (χ3n) is 6.90. The molecule has 7 nitrogen and oxygen atoms in total. The summed E-state index contributed by atoms with van der Waals surface area (Å²) in [4.78, 5) is 22.9. The Kier molecular flexibility index (Phi) is 4.75. The van der Waals surface area contributed by atoms with Crippen LogP contribution < -0.4 is 0 Å². The Morgan fingerprint density at radius 1 is 1.12 bits per heavy atom. The fourth-order valence-corrected chi connectivity index (χ4v) is 5.02. The largest absolute Gasteiger partial charge is 0.346 e. The molecule has 1 saturated heterocycles. The van der Waals surface area contributed by atoms with Gasteiger partial charge >= 0.3 is 0 Å². The van der Waals surface area contributed by atoms with Gasteiger partial charge in [-0.25, -0.2) is 4.98 Å². The van der Waals surface area contributed by atoms with Crippen molar-refractivity contribution in [2.45, 2.75) is 25.9 Å². The second-order valence-corrected chi connectivity index (χ2v) is 8.96. The van der Waals surface area contributed by atoms with E-state index in [9.17, 15) is 4.79 Å². The molecule has 0 spiro atoms. The Morgan fingerprint density at radius 3 is 2.88 bits per heavy atom. The van der Waals surface area contributed by atoms with Crippen LogP contribution in [-0.2, 0) is 11.3 Å². The molecule has 6 rings (SSSR count). The number of hydrogen-bond donors (Lipinski definition) is 1. The monoisotopic (exact) mass is 438 g/mol. The van der Waals surface area contributed by atoms with Gasteiger partial charge in [-0.1, -0.05) is 37.3 Å². The van der Waals surface area contributed by atoms with Crippen molar-refractivity contribution in [2.24, 2.45) is 5.92 Å². The Morgan fingerprint density at radius 2 is 2.00 bits per heavy atom. The Bertz CT molecular complexity index is 1430. The molecule has 1 aliphatic rings. The van der Waals surface area contributed by atoms with Crippen LogP contribution in [0.25, 0.3) is 33.2 Å². The van der Waals surface area contributed by atoms with Crippen molar-refractivity contribution in [3.8, 4) is 11.3 Å². The third-order valence-corrected chi connectivity index (χ3v) is 6.90. The number of piperidine rings is 1. The van der Waals surface area contributed by atoms with Crippen LogP contribution in [0.4, 0.5) is 0 Å². The van der Waals surface area contributed by atoms with Gasteiger partial charge in [0.1, 0.15) is 12.2 Å². The number of hydrogen-bond acceptors (Lipinski definition) is 3. The van der Waals surface area contributed by atoms with E-state index in [1.807, 2.05) is 59.9 Å². The average Bonchev–Trinajstić information content (AvgIpc) is 3.59. The van der Waals surface area contributed by atoms with Gasteiger partial charge in [-0.05, 0) is 30.5 Å². The number of nitrogens with one attached hydrogen (secondary N) is 1. The highest BCUT2D eigenvalue weighted by atomic mass is 16.2. The van der Waals surface area contributed by atoms with Gasteiger partial charge in [0.25, 0.3) is 0 Å². The number of carbonyl (C=O) groups excluding carboxylic acids is 1. The Labute approximate surface area is 191 Å². The molecule has 1 aromatic carbocycles.